The molecular formula is C13H16FNS. The molecule has 86 valence electrons. The molecule has 0 spiro atoms. The molecule has 2 rings (SSSR count). The molecular weight excluding hydrogens is 221 g/mol. The summed E-state index contributed by atoms with van der Waals surface area (Å²) in [6.07, 6.45) is 0. The molecule has 1 nitrogen and oxygen atoms in total. The van der Waals surface area contributed by atoms with E-state index in [4.69, 9.17) is 0 Å². The second kappa shape index (κ2) is 4.93. The lowest BCUT2D eigenvalue weighted by molar-refractivity contribution is 0.555. The highest BCUT2D eigenvalue weighted by Gasteiger charge is 2.03. The van der Waals surface area contributed by atoms with Crippen LogP contribution in [0.3, 0.4) is 0 Å². The second-order valence-corrected chi connectivity index (χ2v) is 5.59. The van der Waals surface area contributed by atoms with Gasteiger partial charge < -0.3 is 5.32 Å². The monoisotopic (exact) mass is 237 g/mol. The zero-order valence-corrected chi connectivity index (χ0v) is 10.4. The lowest BCUT2D eigenvalue weighted by Gasteiger charge is -2.04. The minimum Gasteiger partial charge on any atom is -0.312 e. The van der Waals surface area contributed by atoms with Gasteiger partial charge in [-0.2, -0.15) is 0 Å². The number of hydrogen-bond acceptors (Lipinski definition) is 2. The SMILES string of the molecule is CC(C)CNCc1cc2cc(F)ccc2s1. The summed E-state index contributed by atoms with van der Waals surface area (Å²) in [6, 6.07) is 7.03. The van der Waals surface area contributed by atoms with E-state index >= 15 is 0 Å². The number of rotatable bonds is 4. The first-order chi connectivity index (χ1) is 7.65. The summed E-state index contributed by atoms with van der Waals surface area (Å²) in [5.74, 6) is 0.499. The standard InChI is InChI=1S/C13H16FNS/c1-9(2)7-15-8-12-6-10-5-11(14)3-4-13(10)16-12/h3-6,9,15H,7-8H2,1-2H3. The lowest BCUT2D eigenvalue weighted by atomic mass is 10.2. The Bertz CT molecular complexity index is 476. The third kappa shape index (κ3) is 2.80. The van der Waals surface area contributed by atoms with Crippen LogP contribution >= 0.6 is 11.3 Å². The van der Waals surface area contributed by atoms with Crippen molar-refractivity contribution in [3.8, 4) is 0 Å². The van der Waals surface area contributed by atoms with Crippen LogP contribution in [0.1, 0.15) is 18.7 Å². The zero-order chi connectivity index (χ0) is 11.5. The maximum Gasteiger partial charge on any atom is 0.123 e. The highest BCUT2D eigenvalue weighted by atomic mass is 32.1. The third-order valence-electron chi connectivity index (χ3n) is 2.38. The fraction of sp³-hybridized carbons (Fsp3) is 0.385. The molecule has 0 saturated carbocycles. The van der Waals surface area contributed by atoms with Gasteiger partial charge in [-0.3, -0.25) is 0 Å². The fourth-order valence-corrected chi connectivity index (χ4v) is 2.65. The zero-order valence-electron chi connectivity index (χ0n) is 9.59. The Balaban J connectivity index is 2.08. The number of fused-ring (bicyclic) bond motifs is 1. The molecule has 16 heavy (non-hydrogen) atoms. The molecule has 0 bridgehead atoms. The van der Waals surface area contributed by atoms with Crippen LogP contribution in [0.15, 0.2) is 24.3 Å². The van der Waals surface area contributed by atoms with Gasteiger partial charge in [0.15, 0.2) is 0 Å². The van der Waals surface area contributed by atoms with Gasteiger partial charge in [0.25, 0.3) is 0 Å². The molecule has 0 amide bonds. The molecule has 0 aliphatic rings. The minimum absolute atomic E-state index is 0.160. The van der Waals surface area contributed by atoms with E-state index in [2.05, 4.69) is 25.2 Å². The molecule has 1 heterocycles. The van der Waals surface area contributed by atoms with Gasteiger partial charge in [0, 0.05) is 16.1 Å². The molecule has 0 fully saturated rings. The van der Waals surface area contributed by atoms with E-state index in [9.17, 15) is 4.39 Å². The maximum atomic E-state index is 13.0. The molecule has 1 aromatic carbocycles. The summed E-state index contributed by atoms with van der Waals surface area (Å²) in [6.45, 7) is 6.27. The van der Waals surface area contributed by atoms with Gasteiger partial charge in [-0.25, -0.2) is 4.39 Å². The van der Waals surface area contributed by atoms with Crippen molar-refractivity contribution in [2.45, 2.75) is 20.4 Å². The molecule has 0 aliphatic heterocycles. The smallest absolute Gasteiger partial charge is 0.123 e. The van der Waals surface area contributed by atoms with E-state index in [1.165, 1.54) is 10.9 Å². The largest absolute Gasteiger partial charge is 0.312 e. The third-order valence-corrected chi connectivity index (χ3v) is 3.50. The number of hydrogen-bond donors (Lipinski definition) is 1. The van der Waals surface area contributed by atoms with Gasteiger partial charge in [0.1, 0.15) is 5.82 Å². The van der Waals surface area contributed by atoms with Crippen molar-refractivity contribution in [3.05, 3.63) is 35.0 Å². The van der Waals surface area contributed by atoms with E-state index in [0.717, 1.165) is 23.2 Å². The van der Waals surface area contributed by atoms with Crippen LogP contribution in [0.4, 0.5) is 4.39 Å². The number of benzene rings is 1. The van der Waals surface area contributed by atoms with Crippen LogP contribution in [-0.4, -0.2) is 6.54 Å². The average Bonchev–Trinajstić information content (AvgIpc) is 2.58. The number of halogens is 1. The van der Waals surface area contributed by atoms with E-state index in [1.54, 1.807) is 17.4 Å². The predicted octanol–water partition coefficient (Wildman–Crippen LogP) is 3.79. The van der Waals surface area contributed by atoms with Gasteiger partial charge >= 0.3 is 0 Å². The highest BCUT2D eigenvalue weighted by molar-refractivity contribution is 7.19. The molecule has 0 saturated heterocycles. The Morgan fingerprint density at radius 2 is 2.12 bits per heavy atom. The van der Waals surface area contributed by atoms with Crippen molar-refractivity contribution < 1.29 is 4.39 Å². The van der Waals surface area contributed by atoms with Crippen molar-refractivity contribution in [1.29, 1.82) is 0 Å². The van der Waals surface area contributed by atoms with Crippen LogP contribution < -0.4 is 5.32 Å². The Kier molecular flexibility index (Phi) is 3.56. The van der Waals surface area contributed by atoms with Crippen molar-refractivity contribution >= 4 is 21.4 Å². The topological polar surface area (TPSA) is 12.0 Å². The van der Waals surface area contributed by atoms with Gasteiger partial charge in [-0.05, 0) is 42.1 Å². The Morgan fingerprint density at radius 3 is 2.88 bits per heavy atom. The van der Waals surface area contributed by atoms with E-state index in [-0.39, 0.29) is 5.82 Å². The lowest BCUT2D eigenvalue weighted by Crippen LogP contribution is -2.18. The summed E-state index contributed by atoms with van der Waals surface area (Å²) in [5.41, 5.74) is 0. The highest BCUT2D eigenvalue weighted by Crippen LogP contribution is 2.26. The van der Waals surface area contributed by atoms with Crippen molar-refractivity contribution in [2.75, 3.05) is 6.54 Å². The summed E-state index contributed by atoms with van der Waals surface area (Å²) < 4.78 is 14.1. The molecule has 0 aliphatic carbocycles. The minimum atomic E-state index is -0.160. The average molecular weight is 237 g/mol. The summed E-state index contributed by atoms with van der Waals surface area (Å²) in [5, 5.41) is 4.40. The Hall–Kier alpha value is -0.930. The molecule has 0 radical (unpaired) electrons. The Labute approximate surface area is 99.3 Å². The normalized spacial score (nSPS) is 11.5. The molecule has 1 aromatic heterocycles. The molecule has 3 heteroatoms. The van der Waals surface area contributed by atoms with Gasteiger partial charge in [-0.1, -0.05) is 13.8 Å². The Morgan fingerprint density at radius 1 is 1.31 bits per heavy atom. The quantitative estimate of drug-likeness (QED) is 0.853. The van der Waals surface area contributed by atoms with Crippen molar-refractivity contribution in [1.82, 2.24) is 5.32 Å². The summed E-state index contributed by atoms with van der Waals surface area (Å²) in [4.78, 5) is 1.27. The van der Waals surface area contributed by atoms with Crippen molar-refractivity contribution in [3.63, 3.8) is 0 Å². The molecule has 0 atom stereocenters. The first-order valence-corrected chi connectivity index (χ1v) is 6.35. The molecule has 2 aromatic rings. The van der Waals surface area contributed by atoms with Crippen LogP contribution in [0, 0.1) is 11.7 Å². The van der Waals surface area contributed by atoms with Gasteiger partial charge in [0.05, 0.1) is 0 Å². The number of thiophene rings is 1. The number of nitrogens with one attached hydrogen (secondary N) is 1. The van der Waals surface area contributed by atoms with Gasteiger partial charge in [-0.15, -0.1) is 11.3 Å². The first-order valence-electron chi connectivity index (χ1n) is 5.54. The van der Waals surface area contributed by atoms with Crippen LogP contribution in [0.5, 0.6) is 0 Å². The maximum absolute atomic E-state index is 13.0. The predicted molar refractivity (Wildman–Crippen MR) is 68.3 cm³/mol. The van der Waals surface area contributed by atoms with Crippen LogP contribution in [0.2, 0.25) is 0 Å². The van der Waals surface area contributed by atoms with Crippen molar-refractivity contribution in [2.24, 2.45) is 5.92 Å². The van der Waals surface area contributed by atoms with Gasteiger partial charge in [0.2, 0.25) is 0 Å². The van der Waals surface area contributed by atoms with E-state index < -0.39 is 0 Å². The van der Waals surface area contributed by atoms with E-state index in [1.807, 2.05) is 6.07 Å². The second-order valence-electron chi connectivity index (χ2n) is 4.42. The van der Waals surface area contributed by atoms with Crippen LogP contribution in [-0.2, 0) is 6.54 Å². The van der Waals surface area contributed by atoms with E-state index in [0.29, 0.717) is 5.92 Å². The molecule has 1 N–H and O–H groups in total. The fourth-order valence-electron chi connectivity index (χ4n) is 1.64. The van der Waals surface area contributed by atoms with Crippen LogP contribution in [0.25, 0.3) is 10.1 Å². The summed E-state index contributed by atoms with van der Waals surface area (Å²) in [7, 11) is 0. The first kappa shape index (κ1) is 11.6. The molecule has 0 unspecified atom stereocenters. The summed E-state index contributed by atoms with van der Waals surface area (Å²) >= 11 is 1.73.